The molecule has 0 radical (unpaired) electrons. The zero-order valence-electron chi connectivity index (χ0n) is 15.2. The Kier molecular flexibility index (Phi) is 6.04. The van der Waals surface area contributed by atoms with Gasteiger partial charge in [-0.2, -0.15) is 0 Å². The third-order valence-electron chi connectivity index (χ3n) is 4.79. The van der Waals surface area contributed by atoms with E-state index in [0.717, 1.165) is 30.6 Å². The van der Waals surface area contributed by atoms with Crippen LogP contribution in [0.5, 0.6) is 0 Å². The molecule has 1 saturated heterocycles. The standard InChI is InChI=1S/C20H26N4O2/c1-2-6-17-9-20(26)23(12-17)13-18-11-21-15-24(18)14-19(25)22-10-16-7-4-3-5-8-16/h3-5,7-8,11,15,17H,2,6,9-10,12-14H2,1H3,(H,22,25). The number of carbonyl (C=O) groups excluding carboxylic acids is 2. The molecule has 0 bridgehead atoms. The summed E-state index contributed by atoms with van der Waals surface area (Å²) in [5.74, 6) is 0.590. The van der Waals surface area contributed by atoms with E-state index in [9.17, 15) is 9.59 Å². The lowest BCUT2D eigenvalue weighted by molar-refractivity contribution is -0.128. The topological polar surface area (TPSA) is 67.2 Å². The van der Waals surface area contributed by atoms with Gasteiger partial charge in [-0.15, -0.1) is 0 Å². The number of hydrogen-bond donors (Lipinski definition) is 1. The third-order valence-corrected chi connectivity index (χ3v) is 4.79. The quantitative estimate of drug-likeness (QED) is 0.791. The van der Waals surface area contributed by atoms with Crippen LogP contribution in [0, 0.1) is 5.92 Å². The van der Waals surface area contributed by atoms with Crippen molar-refractivity contribution in [3.63, 3.8) is 0 Å². The van der Waals surface area contributed by atoms with Gasteiger partial charge in [-0.3, -0.25) is 9.59 Å². The van der Waals surface area contributed by atoms with E-state index < -0.39 is 0 Å². The van der Waals surface area contributed by atoms with Gasteiger partial charge in [0.2, 0.25) is 11.8 Å². The molecule has 2 amide bonds. The fourth-order valence-electron chi connectivity index (χ4n) is 3.43. The number of rotatable bonds is 8. The van der Waals surface area contributed by atoms with Crippen LogP contribution >= 0.6 is 0 Å². The lowest BCUT2D eigenvalue weighted by atomic mass is 10.0. The van der Waals surface area contributed by atoms with Crippen molar-refractivity contribution >= 4 is 11.8 Å². The fourth-order valence-corrected chi connectivity index (χ4v) is 3.43. The van der Waals surface area contributed by atoms with Crippen molar-refractivity contribution in [3.05, 3.63) is 54.1 Å². The maximum Gasteiger partial charge on any atom is 0.240 e. The predicted molar refractivity (Wildman–Crippen MR) is 98.9 cm³/mol. The van der Waals surface area contributed by atoms with Gasteiger partial charge in [0.25, 0.3) is 0 Å². The Bertz CT molecular complexity index is 741. The number of imidazole rings is 1. The first kappa shape index (κ1) is 18.2. The second kappa shape index (κ2) is 8.65. The first-order chi connectivity index (χ1) is 12.7. The Morgan fingerprint density at radius 1 is 1.31 bits per heavy atom. The highest BCUT2D eigenvalue weighted by atomic mass is 16.2. The van der Waals surface area contributed by atoms with Crippen LogP contribution in [0.2, 0.25) is 0 Å². The number of aromatic nitrogens is 2. The third kappa shape index (κ3) is 4.71. The number of benzene rings is 1. The first-order valence-electron chi connectivity index (χ1n) is 9.23. The lowest BCUT2D eigenvalue weighted by Crippen LogP contribution is -2.29. The van der Waals surface area contributed by atoms with Gasteiger partial charge in [0.15, 0.2) is 0 Å². The molecule has 6 heteroatoms. The zero-order valence-corrected chi connectivity index (χ0v) is 15.2. The molecule has 1 aromatic carbocycles. The first-order valence-corrected chi connectivity index (χ1v) is 9.23. The predicted octanol–water partition coefficient (Wildman–Crippen LogP) is 2.35. The summed E-state index contributed by atoms with van der Waals surface area (Å²) in [6, 6.07) is 9.82. The molecule has 0 saturated carbocycles. The average molecular weight is 354 g/mol. The number of nitrogens with one attached hydrogen (secondary N) is 1. The molecule has 1 aliphatic rings. The Morgan fingerprint density at radius 2 is 2.12 bits per heavy atom. The average Bonchev–Trinajstić information content (AvgIpc) is 3.21. The van der Waals surface area contributed by atoms with E-state index in [-0.39, 0.29) is 18.4 Å². The normalized spacial score (nSPS) is 16.9. The van der Waals surface area contributed by atoms with Crippen molar-refractivity contribution in [2.75, 3.05) is 6.54 Å². The summed E-state index contributed by atoms with van der Waals surface area (Å²) in [6.45, 7) is 4.19. The second-order valence-electron chi connectivity index (χ2n) is 6.91. The van der Waals surface area contributed by atoms with Gasteiger partial charge in [-0.25, -0.2) is 4.98 Å². The number of carbonyl (C=O) groups is 2. The summed E-state index contributed by atoms with van der Waals surface area (Å²) in [7, 11) is 0. The summed E-state index contributed by atoms with van der Waals surface area (Å²) in [4.78, 5) is 30.5. The van der Waals surface area contributed by atoms with Crippen molar-refractivity contribution < 1.29 is 9.59 Å². The largest absolute Gasteiger partial charge is 0.350 e. The van der Waals surface area contributed by atoms with Gasteiger partial charge in [0, 0.05) is 25.7 Å². The Balaban J connectivity index is 1.53. The van der Waals surface area contributed by atoms with Gasteiger partial charge in [0.05, 0.1) is 18.6 Å². The Labute approximate surface area is 154 Å². The van der Waals surface area contributed by atoms with Crippen LogP contribution in [0.4, 0.5) is 0 Å². The van der Waals surface area contributed by atoms with Crippen LogP contribution < -0.4 is 5.32 Å². The maximum atomic E-state index is 12.2. The minimum Gasteiger partial charge on any atom is -0.350 e. The smallest absolute Gasteiger partial charge is 0.240 e. The van der Waals surface area contributed by atoms with E-state index in [2.05, 4.69) is 17.2 Å². The van der Waals surface area contributed by atoms with E-state index in [0.29, 0.717) is 25.4 Å². The van der Waals surface area contributed by atoms with Crippen LogP contribution in [0.1, 0.15) is 37.4 Å². The lowest BCUT2D eigenvalue weighted by Gasteiger charge is -2.17. The van der Waals surface area contributed by atoms with Gasteiger partial charge in [-0.1, -0.05) is 43.7 Å². The van der Waals surface area contributed by atoms with Gasteiger partial charge in [-0.05, 0) is 17.9 Å². The van der Waals surface area contributed by atoms with Crippen molar-refractivity contribution in [2.24, 2.45) is 5.92 Å². The van der Waals surface area contributed by atoms with Crippen LogP contribution in [0.25, 0.3) is 0 Å². The molecule has 2 heterocycles. The molecule has 26 heavy (non-hydrogen) atoms. The molecule has 0 spiro atoms. The molecular weight excluding hydrogens is 328 g/mol. The summed E-state index contributed by atoms with van der Waals surface area (Å²) < 4.78 is 1.82. The summed E-state index contributed by atoms with van der Waals surface area (Å²) >= 11 is 0. The van der Waals surface area contributed by atoms with Crippen LogP contribution in [-0.4, -0.2) is 32.8 Å². The monoisotopic (exact) mass is 354 g/mol. The van der Waals surface area contributed by atoms with Crippen LogP contribution in [-0.2, 0) is 29.2 Å². The van der Waals surface area contributed by atoms with Gasteiger partial charge in [0.1, 0.15) is 6.54 Å². The molecule has 2 aromatic rings. The summed E-state index contributed by atoms with van der Waals surface area (Å²) in [6.07, 6.45) is 6.22. The van der Waals surface area contributed by atoms with Gasteiger partial charge < -0.3 is 14.8 Å². The summed E-state index contributed by atoms with van der Waals surface area (Å²) in [5, 5.41) is 2.92. The SMILES string of the molecule is CCCC1CC(=O)N(Cc2cncn2CC(=O)NCc2ccccc2)C1. The maximum absolute atomic E-state index is 12.2. The molecule has 1 fully saturated rings. The van der Waals surface area contributed by atoms with Crippen molar-refractivity contribution in [1.82, 2.24) is 19.8 Å². The fraction of sp³-hybridized carbons (Fsp3) is 0.450. The van der Waals surface area contributed by atoms with E-state index in [1.165, 1.54) is 0 Å². The zero-order chi connectivity index (χ0) is 18.4. The van der Waals surface area contributed by atoms with Gasteiger partial charge >= 0.3 is 0 Å². The minimum atomic E-state index is -0.0651. The second-order valence-corrected chi connectivity index (χ2v) is 6.91. The Hall–Kier alpha value is -2.63. The van der Waals surface area contributed by atoms with Crippen LogP contribution in [0.3, 0.4) is 0 Å². The number of amides is 2. The minimum absolute atomic E-state index is 0.0651. The van der Waals surface area contributed by atoms with E-state index >= 15 is 0 Å². The molecule has 1 aliphatic heterocycles. The Morgan fingerprint density at radius 3 is 2.88 bits per heavy atom. The molecule has 1 atom stereocenters. The number of hydrogen-bond acceptors (Lipinski definition) is 3. The highest BCUT2D eigenvalue weighted by Gasteiger charge is 2.29. The highest BCUT2D eigenvalue weighted by molar-refractivity contribution is 5.78. The number of likely N-dealkylation sites (tertiary alicyclic amines) is 1. The molecule has 6 nitrogen and oxygen atoms in total. The van der Waals surface area contributed by atoms with E-state index in [4.69, 9.17) is 0 Å². The van der Waals surface area contributed by atoms with E-state index in [1.54, 1.807) is 12.5 Å². The van der Waals surface area contributed by atoms with Crippen molar-refractivity contribution in [2.45, 2.75) is 45.8 Å². The molecule has 0 aliphatic carbocycles. The van der Waals surface area contributed by atoms with E-state index in [1.807, 2.05) is 39.8 Å². The molecule has 3 rings (SSSR count). The molecule has 138 valence electrons. The number of nitrogens with zero attached hydrogens (tertiary/aromatic N) is 3. The molecular formula is C20H26N4O2. The highest BCUT2D eigenvalue weighted by Crippen LogP contribution is 2.23. The van der Waals surface area contributed by atoms with Crippen molar-refractivity contribution in [3.8, 4) is 0 Å². The molecule has 1 unspecified atom stereocenters. The summed E-state index contributed by atoms with van der Waals surface area (Å²) in [5.41, 5.74) is 1.96. The molecule has 1 aromatic heterocycles. The van der Waals surface area contributed by atoms with Crippen molar-refractivity contribution in [1.29, 1.82) is 0 Å². The van der Waals surface area contributed by atoms with Crippen LogP contribution in [0.15, 0.2) is 42.9 Å². The molecule has 1 N–H and O–H groups in total.